The van der Waals surface area contributed by atoms with Crippen molar-refractivity contribution in [2.45, 2.75) is 19.0 Å². The Morgan fingerprint density at radius 2 is 1.75 bits per heavy atom. The fourth-order valence-corrected chi connectivity index (χ4v) is 2.67. The third-order valence-electron chi connectivity index (χ3n) is 4.00. The lowest BCUT2D eigenvalue weighted by Crippen LogP contribution is -2.35. The number of nitrogens with one attached hydrogen (secondary N) is 1. The molecule has 1 atom stereocenters. The summed E-state index contributed by atoms with van der Waals surface area (Å²) in [4.78, 5) is 37.0. The van der Waals surface area contributed by atoms with Gasteiger partial charge in [0, 0.05) is 18.6 Å². The number of ether oxygens (including phenoxy) is 1. The Labute approximate surface area is 168 Å². The molecular formula is C20H22ClN3O4. The van der Waals surface area contributed by atoms with Gasteiger partial charge in [-0.1, -0.05) is 54.1 Å². The van der Waals surface area contributed by atoms with Crippen molar-refractivity contribution in [3.8, 4) is 0 Å². The van der Waals surface area contributed by atoms with Crippen LogP contribution in [0.25, 0.3) is 0 Å². The van der Waals surface area contributed by atoms with Crippen LogP contribution in [0.15, 0.2) is 54.6 Å². The molecule has 0 spiro atoms. The van der Waals surface area contributed by atoms with Crippen molar-refractivity contribution in [3.05, 3.63) is 70.7 Å². The molecule has 0 aliphatic carbocycles. The molecule has 7 nitrogen and oxygen atoms in total. The van der Waals surface area contributed by atoms with Crippen molar-refractivity contribution in [1.82, 2.24) is 10.2 Å². The van der Waals surface area contributed by atoms with E-state index < -0.39 is 18.0 Å². The van der Waals surface area contributed by atoms with Crippen LogP contribution in [0.5, 0.6) is 0 Å². The summed E-state index contributed by atoms with van der Waals surface area (Å²) >= 11 is 5.85. The molecule has 0 fully saturated rings. The number of hydrogen-bond donors (Lipinski definition) is 2. The number of likely N-dealkylation sites (N-methyl/N-ethyl adjacent to an activating group) is 1. The minimum absolute atomic E-state index is 0.166. The molecular weight excluding hydrogens is 382 g/mol. The van der Waals surface area contributed by atoms with Gasteiger partial charge in [-0.3, -0.25) is 9.59 Å². The average Bonchev–Trinajstić information content (AvgIpc) is 2.66. The lowest BCUT2D eigenvalue weighted by Gasteiger charge is -2.19. The number of urea groups is 1. The number of rotatable bonds is 8. The number of nitrogens with zero attached hydrogens (tertiary/aromatic N) is 1. The molecule has 0 aliphatic rings. The number of nitrogens with two attached hydrogens (primary N) is 1. The molecule has 0 saturated heterocycles. The molecule has 0 unspecified atom stereocenters. The molecule has 148 valence electrons. The first kappa shape index (κ1) is 21.2. The van der Waals surface area contributed by atoms with Gasteiger partial charge in [-0.15, -0.1) is 0 Å². The zero-order valence-electron chi connectivity index (χ0n) is 15.4. The van der Waals surface area contributed by atoms with E-state index in [0.717, 1.165) is 5.56 Å². The predicted octanol–water partition coefficient (Wildman–Crippen LogP) is 2.64. The minimum atomic E-state index is -0.772. The number of esters is 1. The topological polar surface area (TPSA) is 102 Å². The highest BCUT2D eigenvalue weighted by atomic mass is 35.5. The first-order valence-electron chi connectivity index (χ1n) is 8.60. The Kier molecular flexibility index (Phi) is 7.83. The second kappa shape index (κ2) is 10.3. The smallest absolute Gasteiger partial charge is 0.312 e. The van der Waals surface area contributed by atoms with Gasteiger partial charge in [0.25, 0.3) is 5.91 Å². The number of carbonyl (C=O) groups excluding carboxylic acids is 3. The Hall–Kier alpha value is -3.06. The average molecular weight is 404 g/mol. The summed E-state index contributed by atoms with van der Waals surface area (Å²) in [5, 5.41) is 3.01. The van der Waals surface area contributed by atoms with E-state index in [0.29, 0.717) is 17.1 Å². The lowest BCUT2D eigenvalue weighted by molar-refractivity contribution is -0.152. The molecule has 0 aromatic heterocycles. The van der Waals surface area contributed by atoms with E-state index in [2.05, 4.69) is 5.32 Å². The van der Waals surface area contributed by atoms with Gasteiger partial charge in [0.1, 0.15) is 0 Å². The van der Waals surface area contributed by atoms with E-state index in [-0.39, 0.29) is 18.9 Å². The molecule has 28 heavy (non-hydrogen) atoms. The monoisotopic (exact) mass is 403 g/mol. The number of benzene rings is 2. The summed E-state index contributed by atoms with van der Waals surface area (Å²) in [6, 6.07) is 14.6. The number of amides is 3. The molecule has 0 bridgehead atoms. The zero-order chi connectivity index (χ0) is 20.5. The van der Waals surface area contributed by atoms with Crippen LogP contribution in [0.1, 0.15) is 23.6 Å². The molecule has 0 saturated carbocycles. The van der Waals surface area contributed by atoms with Crippen LogP contribution in [0.4, 0.5) is 4.79 Å². The molecule has 2 rings (SSSR count). The normalized spacial score (nSPS) is 11.4. The van der Waals surface area contributed by atoms with Crippen molar-refractivity contribution in [2.24, 2.45) is 5.73 Å². The second-order valence-electron chi connectivity index (χ2n) is 6.21. The molecule has 0 aliphatic heterocycles. The third-order valence-corrected chi connectivity index (χ3v) is 4.26. The maximum Gasteiger partial charge on any atom is 0.312 e. The summed E-state index contributed by atoms with van der Waals surface area (Å²) in [7, 11) is 1.63. The van der Waals surface area contributed by atoms with E-state index >= 15 is 0 Å². The summed E-state index contributed by atoms with van der Waals surface area (Å²) in [6.07, 6.45) is -0.166. The van der Waals surface area contributed by atoms with E-state index in [9.17, 15) is 14.4 Å². The van der Waals surface area contributed by atoms with E-state index in [1.807, 2.05) is 30.3 Å². The van der Waals surface area contributed by atoms with Crippen molar-refractivity contribution < 1.29 is 19.1 Å². The predicted molar refractivity (Wildman–Crippen MR) is 105 cm³/mol. The Bertz CT molecular complexity index is 812. The Morgan fingerprint density at radius 3 is 2.36 bits per heavy atom. The van der Waals surface area contributed by atoms with E-state index in [4.69, 9.17) is 22.1 Å². The highest BCUT2D eigenvalue weighted by Gasteiger charge is 2.20. The van der Waals surface area contributed by atoms with Crippen molar-refractivity contribution in [3.63, 3.8) is 0 Å². The first-order chi connectivity index (χ1) is 13.3. The van der Waals surface area contributed by atoms with Crippen molar-refractivity contribution >= 4 is 29.5 Å². The molecule has 0 heterocycles. The summed E-state index contributed by atoms with van der Waals surface area (Å²) < 4.78 is 5.07. The van der Waals surface area contributed by atoms with Crippen LogP contribution in [0.2, 0.25) is 5.02 Å². The van der Waals surface area contributed by atoms with Crippen molar-refractivity contribution in [1.29, 1.82) is 0 Å². The van der Waals surface area contributed by atoms with Gasteiger partial charge < -0.3 is 20.7 Å². The maximum atomic E-state index is 12.2. The van der Waals surface area contributed by atoms with Gasteiger partial charge in [0.2, 0.25) is 0 Å². The number of carbonyl (C=O) groups is 3. The van der Waals surface area contributed by atoms with Crippen LogP contribution in [-0.4, -0.2) is 36.5 Å². The molecule has 8 heteroatoms. The fourth-order valence-electron chi connectivity index (χ4n) is 2.54. The van der Waals surface area contributed by atoms with Crippen LogP contribution in [0, 0.1) is 0 Å². The number of hydrogen-bond acceptors (Lipinski definition) is 4. The van der Waals surface area contributed by atoms with Gasteiger partial charge in [-0.25, -0.2) is 4.79 Å². The van der Waals surface area contributed by atoms with Gasteiger partial charge in [0.15, 0.2) is 6.61 Å². The SMILES string of the molecule is CN(Cc1ccccc1)C(=O)COC(=O)C[C@H](NC(N)=O)c1ccc(Cl)cc1. The summed E-state index contributed by atoms with van der Waals surface area (Å²) in [6.45, 7) is 0.0277. The molecule has 0 radical (unpaired) electrons. The molecule has 2 aromatic rings. The lowest BCUT2D eigenvalue weighted by atomic mass is 10.0. The van der Waals surface area contributed by atoms with Gasteiger partial charge >= 0.3 is 12.0 Å². The van der Waals surface area contributed by atoms with Gasteiger partial charge in [0.05, 0.1) is 12.5 Å². The first-order valence-corrected chi connectivity index (χ1v) is 8.98. The second-order valence-corrected chi connectivity index (χ2v) is 6.65. The minimum Gasteiger partial charge on any atom is -0.455 e. The van der Waals surface area contributed by atoms with E-state index in [1.165, 1.54) is 4.90 Å². The largest absolute Gasteiger partial charge is 0.455 e. The third kappa shape index (κ3) is 6.92. The quantitative estimate of drug-likeness (QED) is 0.661. The highest BCUT2D eigenvalue weighted by Crippen LogP contribution is 2.20. The van der Waals surface area contributed by atoms with E-state index in [1.54, 1.807) is 31.3 Å². The maximum absolute atomic E-state index is 12.2. The summed E-state index contributed by atoms with van der Waals surface area (Å²) in [5.41, 5.74) is 6.80. The number of halogens is 1. The molecule has 3 amide bonds. The van der Waals surface area contributed by atoms with Crippen LogP contribution in [-0.2, 0) is 20.9 Å². The van der Waals surface area contributed by atoms with Gasteiger partial charge in [-0.05, 0) is 23.3 Å². The molecule has 2 aromatic carbocycles. The Morgan fingerprint density at radius 1 is 1.11 bits per heavy atom. The molecule has 3 N–H and O–H groups in total. The Balaban J connectivity index is 1.88. The fraction of sp³-hybridized carbons (Fsp3) is 0.250. The van der Waals surface area contributed by atoms with Crippen LogP contribution < -0.4 is 11.1 Å². The summed E-state index contributed by atoms with van der Waals surface area (Å²) in [5.74, 6) is -0.960. The van der Waals surface area contributed by atoms with Gasteiger partial charge in [-0.2, -0.15) is 0 Å². The van der Waals surface area contributed by atoms with Crippen LogP contribution >= 0.6 is 11.6 Å². The zero-order valence-corrected chi connectivity index (χ0v) is 16.2. The number of primary amides is 1. The highest BCUT2D eigenvalue weighted by molar-refractivity contribution is 6.30. The standard InChI is InChI=1S/C20H22ClN3O4/c1-24(12-14-5-3-2-4-6-14)18(25)13-28-19(26)11-17(23-20(22)27)15-7-9-16(21)10-8-15/h2-10,17H,11-13H2,1H3,(H3,22,23,27)/t17-/m0/s1. The van der Waals surface area contributed by atoms with Crippen molar-refractivity contribution in [2.75, 3.05) is 13.7 Å². The van der Waals surface area contributed by atoms with Crippen LogP contribution in [0.3, 0.4) is 0 Å².